The molecule has 0 aliphatic heterocycles. The predicted octanol–water partition coefficient (Wildman–Crippen LogP) is 0.970. The van der Waals surface area contributed by atoms with E-state index >= 15 is 0 Å². The molecule has 0 aromatic heterocycles. The molecule has 0 saturated carbocycles. The van der Waals surface area contributed by atoms with Crippen LogP contribution in [0.2, 0.25) is 0 Å². The first-order valence-electron chi connectivity index (χ1n) is 6.75. The number of carboxylic acid groups (broad SMARTS) is 1. The summed E-state index contributed by atoms with van der Waals surface area (Å²) in [4.78, 5) is 22.1. The van der Waals surface area contributed by atoms with Crippen molar-refractivity contribution in [2.24, 2.45) is 0 Å². The average Bonchev–Trinajstić information content (AvgIpc) is 2.42. The minimum Gasteiger partial charge on any atom is -0.484 e. The number of aliphatic hydroxyl groups is 1. The lowest BCUT2D eigenvalue weighted by Gasteiger charge is -2.21. The van der Waals surface area contributed by atoms with Crippen LogP contribution < -0.4 is 10.1 Å². The maximum absolute atomic E-state index is 11.6. The van der Waals surface area contributed by atoms with Gasteiger partial charge in [0, 0.05) is 6.54 Å². The maximum atomic E-state index is 11.6. The van der Waals surface area contributed by atoms with Crippen molar-refractivity contribution in [1.29, 1.82) is 0 Å². The zero-order valence-corrected chi connectivity index (χ0v) is 12.3. The van der Waals surface area contributed by atoms with Crippen LogP contribution in [-0.2, 0) is 16.0 Å². The van der Waals surface area contributed by atoms with Gasteiger partial charge in [-0.15, -0.1) is 0 Å². The molecule has 0 aliphatic rings. The number of aryl methyl sites for hydroxylation is 1. The van der Waals surface area contributed by atoms with E-state index < -0.39 is 23.9 Å². The Balaban J connectivity index is 2.38. The second-order valence-corrected chi connectivity index (χ2v) is 5.13. The number of aliphatic carboxylic acids is 1. The lowest BCUT2D eigenvalue weighted by atomic mass is 10.0. The monoisotopic (exact) mass is 295 g/mol. The van der Waals surface area contributed by atoms with Gasteiger partial charge in [0.15, 0.2) is 6.61 Å². The summed E-state index contributed by atoms with van der Waals surface area (Å²) in [6, 6.07) is 7.43. The van der Waals surface area contributed by atoms with E-state index in [2.05, 4.69) is 5.32 Å². The van der Waals surface area contributed by atoms with Crippen molar-refractivity contribution < 1.29 is 24.5 Å². The van der Waals surface area contributed by atoms with Gasteiger partial charge in [-0.05, 0) is 31.0 Å². The Hall–Kier alpha value is -2.08. The van der Waals surface area contributed by atoms with E-state index in [-0.39, 0.29) is 13.2 Å². The van der Waals surface area contributed by atoms with Crippen molar-refractivity contribution >= 4 is 11.9 Å². The Morgan fingerprint density at radius 3 is 2.71 bits per heavy atom. The van der Waals surface area contributed by atoms with Crippen LogP contribution in [-0.4, -0.2) is 40.8 Å². The van der Waals surface area contributed by atoms with E-state index in [9.17, 15) is 14.7 Å². The van der Waals surface area contributed by atoms with Crippen LogP contribution in [0.25, 0.3) is 0 Å². The summed E-state index contributed by atoms with van der Waals surface area (Å²) in [6.45, 7) is 3.05. The Labute approximate surface area is 123 Å². The summed E-state index contributed by atoms with van der Waals surface area (Å²) in [7, 11) is 0. The summed E-state index contributed by atoms with van der Waals surface area (Å²) in [5.41, 5.74) is -0.374. The molecule has 1 aromatic carbocycles. The molecule has 1 rings (SSSR count). The van der Waals surface area contributed by atoms with Crippen LogP contribution >= 0.6 is 0 Å². The van der Waals surface area contributed by atoms with E-state index in [0.717, 1.165) is 12.0 Å². The van der Waals surface area contributed by atoms with Gasteiger partial charge in [0.25, 0.3) is 5.91 Å². The quantitative estimate of drug-likeness (QED) is 0.664. The summed E-state index contributed by atoms with van der Waals surface area (Å²) in [6.07, 6.45) is 0.439. The molecule has 21 heavy (non-hydrogen) atoms. The first-order chi connectivity index (χ1) is 9.82. The number of benzene rings is 1. The highest BCUT2D eigenvalue weighted by Gasteiger charge is 2.24. The molecule has 0 spiro atoms. The minimum absolute atomic E-state index is 0.142. The highest BCUT2D eigenvalue weighted by molar-refractivity contribution is 5.77. The Kier molecular flexibility index (Phi) is 6.17. The molecule has 0 saturated heterocycles. The van der Waals surface area contributed by atoms with Crippen molar-refractivity contribution in [3.8, 4) is 5.75 Å². The van der Waals surface area contributed by atoms with Gasteiger partial charge in [0.05, 0.1) is 12.0 Å². The van der Waals surface area contributed by atoms with Gasteiger partial charge in [0.2, 0.25) is 0 Å². The molecule has 6 nitrogen and oxygen atoms in total. The molecule has 3 N–H and O–H groups in total. The van der Waals surface area contributed by atoms with Gasteiger partial charge >= 0.3 is 5.97 Å². The summed E-state index contributed by atoms with van der Waals surface area (Å²) >= 11 is 0. The third-order valence-corrected chi connectivity index (χ3v) is 2.88. The molecule has 1 unspecified atom stereocenters. The van der Waals surface area contributed by atoms with Crippen molar-refractivity contribution in [3.05, 3.63) is 29.8 Å². The zero-order valence-electron chi connectivity index (χ0n) is 12.3. The number of carbonyl (C=O) groups excluding carboxylic acids is 1. The van der Waals surface area contributed by atoms with E-state index in [4.69, 9.17) is 9.84 Å². The number of carboxylic acids is 1. The number of hydrogen-bond acceptors (Lipinski definition) is 4. The lowest BCUT2D eigenvalue weighted by molar-refractivity contribution is -0.142. The van der Waals surface area contributed by atoms with Crippen LogP contribution in [0.3, 0.4) is 0 Å². The molecule has 6 heteroatoms. The van der Waals surface area contributed by atoms with Crippen LogP contribution in [0, 0.1) is 0 Å². The maximum Gasteiger partial charge on any atom is 0.306 e. The van der Waals surface area contributed by atoms with Crippen molar-refractivity contribution in [1.82, 2.24) is 5.32 Å². The summed E-state index contributed by atoms with van der Waals surface area (Å²) in [5, 5.41) is 20.8. The molecule has 1 aromatic rings. The highest BCUT2D eigenvalue weighted by atomic mass is 16.5. The van der Waals surface area contributed by atoms with Gasteiger partial charge in [-0.2, -0.15) is 0 Å². The highest BCUT2D eigenvalue weighted by Crippen LogP contribution is 2.13. The molecular weight excluding hydrogens is 274 g/mol. The van der Waals surface area contributed by atoms with Gasteiger partial charge in [-0.1, -0.05) is 19.1 Å². The van der Waals surface area contributed by atoms with Crippen LogP contribution in [0.1, 0.15) is 25.8 Å². The van der Waals surface area contributed by atoms with E-state index in [1.807, 2.05) is 25.1 Å². The number of hydrogen-bond donors (Lipinski definition) is 3. The third-order valence-electron chi connectivity index (χ3n) is 2.88. The number of ether oxygens (including phenoxy) is 1. The second kappa shape index (κ2) is 7.64. The fourth-order valence-corrected chi connectivity index (χ4v) is 1.73. The summed E-state index contributed by atoms with van der Waals surface area (Å²) < 4.78 is 5.35. The average molecular weight is 295 g/mol. The molecule has 0 heterocycles. The predicted molar refractivity (Wildman–Crippen MR) is 77.2 cm³/mol. The minimum atomic E-state index is -1.48. The SMILES string of the molecule is CCc1cccc(OCC(=O)NCC(C)(O)CC(=O)O)c1. The second-order valence-electron chi connectivity index (χ2n) is 5.13. The van der Waals surface area contributed by atoms with Crippen molar-refractivity contribution in [2.75, 3.05) is 13.2 Å². The van der Waals surface area contributed by atoms with Gasteiger partial charge in [0.1, 0.15) is 5.75 Å². The normalized spacial score (nSPS) is 13.3. The van der Waals surface area contributed by atoms with Crippen LogP contribution in [0.4, 0.5) is 0 Å². The Morgan fingerprint density at radius 1 is 1.38 bits per heavy atom. The molecule has 1 atom stereocenters. The first-order valence-corrected chi connectivity index (χ1v) is 6.75. The van der Waals surface area contributed by atoms with E-state index in [1.54, 1.807) is 6.07 Å². The van der Waals surface area contributed by atoms with E-state index in [0.29, 0.717) is 5.75 Å². The molecule has 1 amide bonds. The van der Waals surface area contributed by atoms with Crippen molar-refractivity contribution in [3.63, 3.8) is 0 Å². The van der Waals surface area contributed by atoms with Gasteiger partial charge in [-0.25, -0.2) is 0 Å². The molecule has 116 valence electrons. The molecule has 0 aliphatic carbocycles. The lowest BCUT2D eigenvalue weighted by Crippen LogP contribution is -2.43. The third kappa shape index (κ3) is 6.76. The van der Waals surface area contributed by atoms with Crippen LogP contribution in [0.15, 0.2) is 24.3 Å². The van der Waals surface area contributed by atoms with Crippen LogP contribution in [0.5, 0.6) is 5.75 Å². The molecule has 0 fully saturated rings. The fraction of sp³-hybridized carbons (Fsp3) is 0.467. The molecule has 0 radical (unpaired) electrons. The Morgan fingerprint density at radius 2 is 2.10 bits per heavy atom. The number of rotatable bonds is 8. The van der Waals surface area contributed by atoms with Gasteiger partial charge in [-0.3, -0.25) is 9.59 Å². The first kappa shape index (κ1) is 17.0. The largest absolute Gasteiger partial charge is 0.484 e. The standard InChI is InChI=1S/C15H21NO5/c1-3-11-5-4-6-12(7-11)21-9-13(17)16-10-15(2,20)8-14(18)19/h4-7,20H,3,8-10H2,1-2H3,(H,16,17)(H,18,19). The van der Waals surface area contributed by atoms with E-state index in [1.165, 1.54) is 6.92 Å². The molecular formula is C15H21NO5. The molecule has 0 bridgehead atoms. The van der Waals surface area contributed by atoms with Gasteiger partial charge < -0.3 is 20.3 Å². The number of amides is 1. The Bertz CT molecular complexity index is 499. The summed E-state index contributed by atoms with van der Waals surface area (Å²) in [5.74, 6) is -0.939. The number of carbonyl (C=O) groups is 2. The van der Waals surface area contributed by atoms with Crippen molar-refractivity contribution in [2.45, 2.75) is 32.3 Å². The zero-order chi connectivity index (χ0) is 15.9. The number of nitrogens with one attached hydrogen (secondary N) is 1. The fourth-order valence-electron chi connectivity index (χ4n) is 1.73. The smallest absolute Gasteiger partial charge is 0.306 e. The topological polar surface area (TPSA) is 95.9 Å².